The van der Waals surface area contributed by atoms with Gasteiger partial charge < -0.3 is 15.2 Å². The Morgan fingerprint density at radius 1 is 1.41 bits per heavy atom. The Hall–Kier alpha value is -2.96. The lowest BCUT2D eigenvalue weighted by Crippen LogP contribution is -2.45. The minimum atomic E-state index is -1.27. The van der Waals surface area contributed by atoms with Crippen LogP contribution in [0.3, 0.4) is 0 Å². The minimum Gasteiger partial charge on any atom is -0.478 e. The molecule has 0 saturated carbocycles. The van der Waals surface area contributed by atoms with Crippen molar-refractivity contribution in [2.24, 2.45) is 10.9 Å². The second-order valence-electron chi connectivity index (χ2n) is 8.52. The van der Waals surface area contributed by atoms with Crippen LogP contribution in [0.25, 0.3) is 0 Å². The Kier molecular flexibility index (Phi) is 8.83. The molecule has 1 aromatic heterocycles. The Bertz CT molecular complexity index is 1250. The molecular formula is C25H25BrF2N4O4S. The number of rotatable bonds is 8. The molecular weight excluding hydrogens is 570 g/mol. The minimum absolute atomic E-state index is 0.0601. The van der Waals surface area contributed by atoms with Gasteiger partial charge in [-0.05, 0) is 37.6 Å². The Labute approximate surface area is 224 Å². The molecule has 8 nitrogen and oxygen atoms in total. The molecule has 2 aliphatic heterocycles. The summed E-state index contributed by atoms with van der Waals surface area (Å²) in [6.45, 7) is 2.59. The summed E-state index contributed by atoms with van der Waals surface area (Å²) in [5.41, 5.74) is 1.31. The van der Waals surface area contributed by atoms with Gasteiger partial charge in [0.1, 0.15) is 18.0 Å². The second-order valence-corrected chi connectivity index (χ2v) is 10.3. The first kappa shape index (κ1) is 27.1. The summed E-state index contributed by atoms with van der Waals surface area (Å²) in [4.78, 5) is 35.0. The molecule has 4 rings (SSSR count). The number of nitrogens with zero attached hydrogens (tertiary/aromatic N) is 3. The lowest BCUT2D eigenvalue weighted by atomic mass is 9.92. The molecule has 2 unspecified atom stereocenters. The highest BCUT2D eigenvalue weighted by atomic mass is 79.9. The van der Waals surface area contributed by atoms with Crippen molar-refractivity contribution in [3.8, 4) is 0 Å². The molecule has 2 N–H and O–H groups in total. The molecule has 1 saturated heterocycles. The van der Waals surface area contributed by atoms with Crippen LogP contribution in [0.1, 0.15) is 30.0 Å². The number of alkyl halides is 1. The van der Waals surface area contributed by atoms with E-state index in [1.807, 2.05) is 4.90 Å². The molecule has 12 heteroatoms. The number of benzene rings is 1. The number of ether oxygens (including phenoxy) is 1. The molecule has 1 fully saturated rings. The molecule has 0 bridgehead atoms. The molecule has 196 valence electrons. The van der Waals surface area contributed by atoms with Crippen molar-refractivity contribution in [3.63, 3.8) is 0 Å². The van der Waals surface area contributed by atoms with Gasteiger partial charge in [-0.1, -0.05) is 28.1 Å². The number of hydrogen-bond donors (Lipinski definition) is 2. The number of carbonyl (C=O) groups is 2. The number of aliphatic carboxylic acids is 1. The van der Waals surface area contributed by atoms with E-state index in [0.717, 1.165) is 6.08 Å². The lowest BCUT2D eigenvalue weighted by Gasteiger charge is -2.36. The number of aromatic nitrogens is 1. The number of allylic oxidation sites excluding steroid dienone is 1. The fourth-order valence-corrected chi connectivity index (χ4v) is 5.50. The smallest absolute Gasteiger partial charge is 0.338 e. The quantitative estimate of drug-likeness (QED) is 0.348. The van der Waals surface area contributed by atoms with Crippen molar-refractivity contribution < 1.29 is 28.2 Å². The molecule has 0 aliphatic carbocycles. The normalized spacial score (nSPS) is 22.6. The first-order valence-electron chi connectivity index (χ1n) is 11.6. The fraction of sp³-hybridized carbons (Fsp3) is 0.360. The van der Waals surface area contributed by atoms with Crippen molar-refractivity contribution in [1.29, 1.82) is 0 Å². The third-order valence-corrected chi connectivity index (χ3v) is 7.52. The lowest BCUT2D eigenvalue weighted by molar-refractivity contribution is -0.139. The van der Waals surface area contributed by atoms with E-state index >= 15 is 0 Å². The summed E-state index contributed by atoms with van der Waals surface area (Å²) < 4.78 is 34.6. The Balaban J connectivity index is 1.71. The van der Waals surface area contributed by atoms with Gasteiger partial charge in [0.05, 0.1) is 12.2 Å². The van der Waals surface area contributed by atoms with E-state index in [4.69, 9.17) is 14.8 Å². The third-order valence-electron chi connectivity index (χ3n) is 6.06. The first-order chi connectivity index (χ1) is 17.8. The molecule has 2 aliphatic rings. The molecule has 3 heterocycles. The predicted octanol–water partition coefficient (Wildman–Crippen LogP) is 4.25. The van der Waals surface area contributed by atoms with E-state index in [2.05, 4.69) is 26.2 Å². The second kappa shape index (κ2) is 12.1. The molecule has 0 spiro atoms. The van der Waals surface area contributed by atoms with Gasteiger partial charge in [-0.25, -0.2) is 23.4 Å². The van der Waals surface area contributed by atoms with E-state index in [9.17, 15) is 18.4 Å². The average molecular weight is 595 g/mol. The standard InChI is InChI=1S/C25H25BrF2N4O4S/c1-2-36-25(35)21-19(13-32-9-7-14(18(28)12-32)3-6-20(33)34)30-23(24-29-8-10-37-24)31-22(21)16-5-4-15(27)11-17(16)26/h3-6,8,10-11,14,18,22H,2,7,9,12-13H2,1H3,(H,30,31)(H,33,34)/b6-3+/t14?,18?,22-/m0/s1. The number of carboxylic acids is 1. The molecule has 2 aromatic rings. The topological polar surface area (TPSA) is 104 Å². The molecule has 3 atom stereocenters. The number of carbonyl (C=O) groups excluding carboxylic acids is 1. The summed E-state index contributed by atoms with van der Waals surface area (Å²) in [7, 11) is 0. The summed E-state index contributed by atoms with van der Waals surface area (Å²) in [5, 5.41) is 14.5. The number of aliphatic imine (C=N–C) groups is 1. The number of esters is 1. The predicted molar refractivity (Wildman–Crippen MR) is 139 cm³/mol. The van der Waals surface area contributed by atoms with Crippen LogP contribution in [-0.2, 0) is 14.3 Å². The van der Waals surface area contributed by atoms with Crippen molar-refractivity contribution in [1.82, 2.24) is 15.2 Å². The van der Waals surface area contributed by atoms with Gasteiger partial charge in [-0.2, -0.15) is 0 Å². The SMILES string of the molecule is CCOC(=O)C1=C(CN2CCC(/C=C/C(=O)O)C(F)C2)NC(c2nccs2)=N[C@H]1c1ccc(F)cc1Br. The number of piperidine rings is 1. The number of amidine groups is 1. The summed E-state index contributed by atoms with van der Waals surface area (Å²) >= 11 is 4.76. The highest BCUT2D eigenvalue weighted by Crippen LogP contribution is 2.37. The number of nitrogens with one attached hydrogen (secondary N) is 1. The zero-order chi connectivity index (χ0) is 26.5. The molecule has 1 aromatic carbocycles. The number of likely N-dealkylation sites (tertiary alicyclic amines) is 1. The van der Waals surface area contributed by atoms with Crippen molar-refractivity contribution in [2.45, 2.75) is 25.6 Å². The van der Waals surface area contributed by atoms with Crippen LogP contribution in [-0.4, -0.2) is 65.2 Å². The Morgan fingerprint density at radius 3 is 2.86 bits per heavy atom. The maximum Gasteiger partial charge on any atom is 0.338 e. The summed E-state index contributed by atoms with van der Waals surface area (Å²) in [5.74, 6) is -2.19. The van der Waals surface area contributed by atoms with E-state index in [1.54, 1.807) is 24.6 Å². The van der Waals surface area contributed by atoms with Crippen molar-refractivity contribution in [3.05, 3.63) is 74.1 Å². The average Bonchev–Trinajstić information content (AvgIpc) is 3.38. The highest BCUT2D eigenvalue weighted by Gasteiger charge is 2.36. The molecule has 37 heavy (non-hydrogen) atoms. The number of thiazole rings is 1. The van der Waals surface area contributed by atoms with E-state index in [0.29, 0.717) is 39.5 Å². The zero-order valence-corrected chi connectivity index (χ0v) is 22.3. The number of halogens is 3. The Morgan fingerprint density at radius 2 is 2.22 bits per heavy atom. The van der Waals surface area contributed by atoms with E-state index in [1.165, 1.54) is 29.5 Å². The van der Waals surface area contributed by atoms with Crippen molar-refractivity contribution >= 4 is 45.0 Å². The molecule has 0 amide bonds. The van der Waals surface area contributed by atoms with E-state index in [-0.39, 0.29) is 25.3 Å². The van der Waals surface area contributed by atoms with Gasteiger partial charge in [-0.15, -0.1) is 11.3 Å². The van der Waals surface area contributed by atoms with Crippen LogP contribution < -0.4 is 5.32 Å². The maximum absolute atomic E-state index is 14.9. The van der Waals surface area contributed by atoms with E-state index < -0.39 is 35.9 Å². The van der Waals surface area contributed by atoms with Crippen molar-refractivity contribution in [2.75, 3.05) is 26.2 Å². The molecule has 0 radical (unpaired) electrons. The van der Waals surface area contributed by atoms with Gasteiger partial charge in [0.25, 0.3) is 0 Å². The van der Waals surface area contributed by atoms with Gasteiger partial charge >= 0.3 is 11.9 Å². The monoisotopic (exact) mass is 594 g/mol. The van der Waals surface area contributed by atoms with Crippen LogP contribution in [0.2, 0.25) is 0 Å². The van der Waals surface area contributed by atoms with Crippen LogP contribution in [0, 0.1) is 11.7 Å². The number of carboxylic acid groups (broad SMARTS) is 1. The summed E-state index contributed by atoms with van der Waals surface area (Å²) in [6, 6.07) is 3.35. The van der Waals surface area contributed by atoms with Crippen LogP contribution in [0.15, 0.2) is 62.7 Å². The number of hydrogen-bond acceptors (Lipinski definition) is 8. The highest BCUT2D eigenvalue weighted by molar-refractivity contribution is 9.10. The van der Waals surface area contributed by atoms with Gasteiger partial charge in [0.2, 0.25) is 0 Å². The van der Waals surface area contributed by atoms with Gasteiger partial charge in [-0.3, -0.25) is 9.89 Å². The van der Waals surface area contributed by atoms with Crippen LogP contribution in [0.4, 0.5) is 8.78 Å². The maximum atomic E-state index is 14.9. The van der Waals surface area contributed by atoms with Gasteiger partial charge in [0, 0.05) is 46.8 Å². The first-order valence-corrected chi connectivity index (χ1v) is 13.3. The zero-order valence-electron chi connectivity index (χ0n) is 19.9. The van der Waals surface area contributed by atoms with Crippen LogP contribution in [0.5, 0.6) is 0 Å². The third kappa shape index (κ3) is 6.49. The van der Waals surface area contributed by atoms with Gasteiger partial charge in [0.15, 0.2) is 10.8 Å². The fourth-order valence-electron chi connectivity index (χ4n) is 4.34. The summed E-state index contributed by atoms with van der Waals surface area (Å²) in [6.07, 6.45) is 3.16. The largest absolute Gasteiger partial charge is 0.478 e. The van der Waals surface area contributed by atoms with Crippen LogP contribution >= 0.6 is 27.3 Å².